The summed E-state index contributed by atoms with van der Waals surface area (Å²) in [5.41, 5.74) is 0. The average Bonchev–Trinajstić information content (AvgIpc) is 2.50. The van der Waals surface area contributed by atoms with E-state index in [9.17, 15) is 9.59 Å². The molecule has 2 radical (unpaired) electrons. The Morgan fingerprint density at radius 2 is 1.95 bits per heavy atom. The second-order valence-electron chi connectivity index (χ2n) is 4.52. The van der Waals surface area contributed by atoms with Crippen molar-refractivity contribution in [2.45, 2.75) is 25.3 Å². The van der Waals surface area contributed by atoms with E-state index in [2.05, 4.69) is 15.9 Å². The molecule has 7 nitrogen and oxygen atoms in total. The van der Waals surface area contributed by atoms with Gasteiger partial charge in [0.2, 0.25) is 5.91 Å². The van der Waals surface area contributed by atoms with Gasteiger partial charge in [0.05, 0.1) is 25.9 Å². The molecular weight excluding hydrogens is 273 g/mol. The molecular formula is C13H26BN3O4. The van der Waals surface area contributed by atoms with Gasteiger partial charge in [0.15, 0.2) is 7.98 Å². The molecule has 0 saturated heterocycles. The van der Waals surface area contributed by atoms with E-state index in [1.165, 1.54) is 0 Å². The summed E-state index contributed by atoms with van der Waals surface area (Å²) in [4.78, 5) is 21.9. The lowest BCUT2D eigenvalue weighted by atomic mass is 10.1. The molecule has 120 valence electrons. The lowest BCUT2D eigenvalue weighted by molar-refractivity contribution is -0.126. The van der Waals surface area contributed by atoms with Gasteiger partial charge in [-0.15, -0.1) is 0 Å². The Labute approximate surface area is 127 Å². The Bertz CT molecular complexity index is 270. The highest BCUT2D eigenvalue weighted by Crippen LogP contribution is 1.97. The molecule has 0 fully saturated rings. The maximum atomic E-state index is 11.4. The van der Waals surface area contributed by atoms with E-state index in [1.54, 1.807) is 0 Å². The zero-order chi connectivity index (χ0) is 15.8. The highest BCUT2D eigenvalue weighted by molar-refractivity contribution is 6.05. The summed E-state index contributed by atoms with van der Waals surface area (Å²) in [5.74, 6) is -0.144. The van der Waals surface area contributed by atoms with Crippen molar-refractivity contribution >= 4 is 20.2 Å². The van der Waals surface area contributed by atoms with Crippen LogP contribution in [0.4, 0.5) is 0 Å². The number of aldehydes is 1. The predicted molar refractivity (Wildman–Crippen MR) is 81.2 cm³/mol. The maximum Gasteiger partial charge on any atom is 0.245 e. The molecule has 0 spiro atoms. The molecule has 0 aliphatic carbocycles. The van der Waals surface area contributed by atoms with E-state index in [0.29, 0.717) is 32.8 Å². The first-order valence-electron chi connectivity index (χ1n) is 7.22. The maximum absolute atomic E-state index is 11.4. The summed E-state index contributed by atoms with van der Waals surface area (Å²) in [6, 6.07) is -0.313. The molecule has 0 rings (SSSR count). The number of hydrogen-bond donors (Lipinski definition) is 3. The average molecular weight is 299 g/mol. The first kappa shape index (κ1) is 20.0. The number of rotatable bonds is 15. The number of ether oxygens (including phenoxy) is 2. The molecule has 1 atom stereocenters. The standard InChI is InChI=1S/C13H26BN3O4/c1-15-6-7-20-8-9-21-11-13(19)16-5-3-2-4-12(10-18)17-14/h10,12,15,17H,2-9,11H2,1H3,(H,16,19). The minimum atomic E-state index is -0.313. The van der Waals surface area contributed by atoms with Crippen LogP contribution in [0.2, 0.25) is 0 Å². The Balaban J connectivity index is 3.29. The van der Waals surface area contributed by atoms with Gasteiger partial charge in [0, 0.05) is 13.1 Å². The summed E-state index contributed by atoms with van der Waals surface area (Å²) < 4.78 is 10.4. The van der Waals surface area contributed by atoms with Crippen LogP contribution in [-0.2, 0) is 19.1 Å². The summed E-state index contributed by atoms with van der Waals surface area (Å²) in [6.45, 7) is 2.92. The number of carbonyl (C=O) groups excluding carboxylic acids is 2. The topological polar surface area (TPSA) is 88.7 Å². The van der Waals surface area contributed by atoms with Crippen molar-refractivity contribution in [1.82, 2.24) is 15.9 Å². The third-order valence-corrected chi connectivity index (χ3v) is 2.74. The Kier molecular flexibility index (Phi) is 14.7. The van der Waals surface area contributed by atoms with E-state index < -0.39 is 0 Å². The van der Waals surface area contributed by atoms with Gasteiger partial charge in [0.1, 0.15) is 12.9 Å². The summed E-state index contributed by atoms with van der Waals surface area (Å²) in [5, 5.41) is 8.13. The third kappa shape index (κ3) is 13.8. The van der Waals surface area contributed by atoms with Gasteiger partial charge < -0.3 is 30.1 Å². The van der Waals surface area contributed by atoms with E-state index >= 15 is 0 Å². The van der Waals surface area contributed by atoms with Crippen molar-refractivity contribution in [2.75, 3.05) is 46.6 Å². The molecule has 0 aromatic rings. The van der Waals surface area contributed by atoms with Crippen molar-refractivity contribution in [1.29, 1.82) is 0 Å². The van der Waals surface area contributed by atoms with Crippen LogP contribution in [0.1, 0.15) is 19.3 Å². The number of likely N-dealkylation sites (N-methyl/N-ethyl adjacent to an activating group) is 1. The second kappa shape index (κ2) is 15.4. The fourth-order valence-electron chi connectivity index (χ4n) is 1.52. The molecule has 0 heterocycles. The van der Waals surface area contributed by atoms with Crippen LogP contribution in [-0.4, -0.2) is 72.8 Å². The van der Waals surface area contributed by atoms with Crippen LogP contribution >= 0.6 is 0 Å². The van der Waals surface area contributed by atoms with Crippen LogP contribution in [0.25, 0.3) is 0 Å². The first-order chi connectivity index (χ1) is 10.2. The van der Waals surface area contributed by atoms with Crippen LogP contribution in [0.15, 0.2) is 0 Å². The summed E-state index contributed by atoms with van der Waals surface area (Å²) >= 11 is 0. The Hall–Kier alpha value is -0.955. The number of unbranched alkanes of at least 4 members (excludes halogenated alkanes) is 1. The Morgan fingerprint density at radius 3 is 2.62 bits per heavy atom. The molecule has 0 bridgehead atoms. The normalized spacial score (nSPS) is 12.0. The number of amides is 1. The second-order valence-corrected chi connectivity index (χ2v) is 4.52. The molecule has 8 heteroatoms. The summed E-state index contributed by atoms with van der Waals surface area (Å²) in [6.07, 6.45) is 3.06. The minimum absolute atomic E-state index is 0.0384. The highest BCUT2D eigenvalue weighted by Gasteiger charge is 2.03. The van der Waals surface area contributed by atoms with Gasteiger partial charge in [-0.3, -0.25) is 4.79 Å². The molecule has 1 unspecified atom stereocenters. The summed E-state index contributed by atoms with van der Waals surface area (Å²) in [7, 11) is 7.03. The number of hydrogen-bond acceptors (Lipinski definition) is 6. The van der Waals surface area contributed by atoms with E-state index in [0.717, 1.165) is 25.7 Å². The van der Waals surface area contributed by atoms with Gasteiger partial charge in [-0.2, -0.15) is 0 Å². The van der Waals surface area contributed by atoms with Crippen molar-refractivity contribution in [2.24, 2.45) is 0 Å². The van der Waals surface area contributed by atoms with Gasteiger partial charge >= 0.3 is 0 Å². The lowest BCUT2D eigenvalue weighted by Crippen LogP contribution is -2.30. The van der Waals surface area contributed by atoms with Gasteiger partial charge in [-0.1, -0.05) is 0 Å². The zero-order valence-corrected chi connectivity index (χ0v) is 12.7. The lowest BCUT2D eigenvalue weighted by Gasteiger charge is -2.09. The molecule has 3 N–H and O–H groups in total. The highest BCUT2D eigenvalue weighted by atomic mass is 16.5. The minimum Gasteiger partial charge on any atom is -0.378 e. The van der Waals surface area contributed by atoms with Gasteiger partial charge in [0.25, 0.3) is 0 Å². The van der Waals surface area contributed by atoms with Gasteiger partial charge in [-0.05, 0) is 26.3 Å². The quantitative estimate of drug-likeness (QED) is 0.199. The molecule has 0 aliphatic heterocycles. The van der Waals surface area contributed by atoms with E-state index in [-0.39, 0.29) is 18.6 Å². The SMILES string of the molecule is [B]NC(C=O)CCCCNC(=O)COCCOCCNC. The third-order valence-electron chi connectivity index (χ3n) is 2.74. The van der Waals surface area contributed by atoms with Crippen LogP contribution in [0, 0.1) is 0 Å². The molecule has 0 aromatic heterocycles. The van der Waals surface area contributed by atoms with Gasteiger partial charge in [-0.25, -0.2) is 0 Å². The zero-order valence-electron chi connectivity index (χ0n) is 12.7. The first-order valence-corrected chi connectivity index (χ1v) is 7.22. The molecule has 0 aromatic carbocycles. The van der Waals surface area contributed by atoms with Crippen molar-refractivity contribution < 1.29 is 19.1 Å². The van der Waals surface area contributed by atoms with Crippen molar-refractivity contribution in [3.63, 3.8) is 0 Å². The smallest absolute Gasteiger partial charge is 0.245 e. The molecule has 1 amide bonds. The van der Waals surface area contributed by atoms with Crippen LogP contribution in [0.5, 0.6) is 0 Å². The number of carbonyl (C=O) groups is 2. The van der Waals surface area contributed by atoms with Crippen LogP contribution < -0.4 is 15.9 Å². The predicted octanol–water partition coefficient (Wildman–Crippen LogP) is -1.23. The monoisotopic (exact) mass is 299 g/mol. The fourth-order valence-corrected chi connectivity index (χ4v) is 1.52. The number of nitrogens with one attached hydrogen (secondary N) is 3. The molecule has 0 saturated carbocycles. The largest absolute Gasteiger partial charge is 0.378 e. The van der Waals surface area contributed by atoms with Crippen LogP contribution in [0.3, 0.4) is 0 Å². The molecule has 21 heavy (non-hydrogen) atoms. The fraction of sp³-hybridized carbons (Fsp3) is 0.846. The van der Waals surface area contributed by atoms with Crippen molar-refractivity contribution in [3.8, 4) is 0 Å². The Morgan fingerprint density at radius 1 is 1.19 bits per heavy atom. The molecule has 0 aliphatic rings. The van der Waals surface area contributed by atoms with Crippen molar-refractivity contribution in [3.05, 3.63) is 0 Å². The van der Waals surface area contributed by atoms with E-state index in [1.807, 2.05) is 7.05 Å². The van der Waals surface area contributed by atoms with E-state index in [4.69, 9.17) is 17.5 Å².